The third-order valence-corrected chi connectivity index (χ3v) is 6.21. The summed E-state index contributed by atoms with van der Waals surface area (Å²) in [4.78, 5) is 23.6. The molecule has 4 rings (SSSR count). The van der Waals surface area contributed by atoms with E-state index in [1.54, 1.807) is 18.2 Å². The van der Waals surface area contributed by atoms with Gasteiger partial charge in [-0.2, -0.15) is 0 Å². The molecule has 120 valence electrons. The second-order valence-corrected chi connectivity index (χ2v) is 8.16. The van der Waals surface area contributed by atoms with Crippen molar-refractivity contribution in [1.82, 2.24) is 0 Å². The number of thiophene rings is 1. The fourth-order valence-electron chi connectivity index (χ4n) is 2.24. The van der Waals surface area contributed by atoms with Crippen molar-refractivity contribution in [1.29, 1.82) is 0 Å². The second-order valence-electron chi connectivity index (χ2n) is 4.84. The first kappa shape index (κ1) is 15.8. The molecule has 0 saturated carbocycles. The SMILES string of the molecule is O=C(Oc1ccc2oc(=O)sc2c1)c1sc2cc(Br)ccc2c1Cl. The zero-order valence-corrected chi connectivity index (χ0v) is 15.6. The third-order valence-electron chi connectivity index (χ3n) is 3.29. The van der Waals surface area contributed by atoms with Crippen LogP contribution in [0.1, 0.15) is 9.67 Å². The molecule has 2 heterocycles. The van der Waals surface area contributed by atoms with Crippen LogP contribution in [0.5, 0.6) is 5.75 Å². The van der Waals surface area contributed by atoms with E-state index in [9.17, 15) is 9.59 Å². The summed E-state index contributed by atoms with van der Waals surface area (Å²) in [5, 5.41) is 1.18. The summed E-state index contributed by atoms with van der Waals surface area (Å²) in [6.45, 7) is 0. The molecule has 0 unspecified atom stereocenters. The molecule has 0 amide bonds. The van der Waals surface area contributed by atoms with Crippen LogP contribution >= 0.6 is 50.2 Å². The summed E-state index contributed by atoms with van der Waals surface area (Å²) in [5.41, 5.74) is 0.467. The van der Waals surface area contributed by atoms with E-state index in [-0.39, 0.29) is 0 Å². The van der Waals surface area contributed by atoms with Gasteiger partial charge in [0.1, 0.15) is 16.2 Å². The standard InChI is InChI=1S/C16H6BrClO4S2/c17-7-1-3-9-11(5-7)23-14(13(9)18)15(19)21-8-2-4-10-12(6-8)24-16(20)22-10/h1-6H. The van der Waals surface area contributed by atoms with Gasteiger partial charge in [0.15, 0.2) is 0 Å². The van der Waals surface area contributed by atoms with Gasteiger partial charge >= 0.3 is 10.9 Å². The molecule has 8 heteroatoms. The summed E-state index contributed by atoms with van der Waals surface area (Å²) in [5.74, 6) is -0.202. The minimum absolute atomic E-state index is 0.333. The fraction of sp³-hybridized carbons (Fsp3) is 0. The van der Waals surface area contributed by atoms with Crippen LogP contribution < -0.4 is 9.68 Å². The Hall–Kier alpha value is -1.67. The molecule has 0 bridgehead atoms. The lowest BCUT2D eigenvalue weighted by Gasteiger charge is -2.02. The van der Waals surface area contributed by atoms with Gasteiger partial charge in [0.25, 0.3) is 0 Å². The Bertz CT molecular complexity index is 1160. The molecule has 4 nitrogen and oxygen atoms in total. The molecule has 0 saturated heterocycles. The topological polar surface area (TPSA) is 56.5 Å². The number of rotatable bonds is 2. The quantitative estimate of drug-likeness (QED) is 0.295. The van der Waals surface area contributed by atoms with Crippen molar-refractivity contribution in [2.24, 2.45) is 0 Å². The maximum atomic E-state index is 12.4. The largest absolute Gasteiger partial charge is 0.422 e. The predicted octanol–water partition coefficient (Wildman–Crippen LogP) is 5.70. The number of hydrogen-bond donors (Lipinski definition) is 0. The van der Waals surface area contributed by atoms with Crippen molar-refractivity contribution >= 4 is 76.5 Å². The van der Waals surface area contributed by atoms with Gasteiger partial charge in [-0.25, -0.2) is 9.59 Å². The molecule has 0 aliphatic heterocycles. The Morgan fingerprint density at radius 3 is 2.79 bits per heavy atom. The van der Waals surface area contributed by atoms with Gasteiger partial charge in [0.05, 0.1) is 9.72 Å². The number of fused-ring (bicyclic) bond motifs is 2. The van der Waals surface area contributed by atoms with Crippen molar-refractivity contribution in [2.45, 2.75) is 0 Å². The van der Waals surface area contributed by atoms with Crippen molar-refractivity contribution in [3.8, 4) is 5.75 Å². The Morgan fingerprint density at radius 2 is 1.96 bits per heavy atom. The van der Waals surface area contributed by atoms with Gasteiger partial charge in [-0.3, -0.25) is 0 Å². The van der Waals surface area contributed by atoms with Crippen LogP contribution in [0, 0.1) is 0 Å². The van der Waals surface area contributed by atoms with Crippen LogP contribution in [0.15, 0.2) is 50.1 Å². The highest BCUT2D eigenvalue weighted by Gasteiger charge is 2.19. The number of benzene rings is 2. The van der Waals surface area contributed by atoms with Gasteiger partial charge in [0.2, 0.25) is 0 Å². The molecule has 0 radical (unpaired) electrons. The van der Waals surface area contributed by atoms with E-state index in [0.29, 0.717) is 25.9 Å². The van der Waals surface area contributed by atoms with Gasteiger partial charge in [-0.15, -0.1) is 11.3 Å². The average molecular weight is 442 g/mol. The molecule has 0 fully saturated rings. The van der Waals surface area contributed by atoms with E-state index >= 15 is 0 Å². The maximum Gasteiger partial charge on any atom is 0.396 e. The van der Waals surface area contributed by atoms with Crippen molar-refractivity contribution in [3.63, 3.8) is 0 Å². The molecule has 0 aliphatic rings. The highest BCUT2D eigenvalue weighted by atomic mass is 79.9. The first-order chi connectivity index (χ1) is 11.5. The molecule has 0 aliphatic carbocycles. The predicted molar refractivity (Wildman–Crippen MR) is 99.9 cm³/mol. The van der Waals surface area contributed by atoms with E-state index in [1.807, 2.05) is 18.2 Å². The summed E-state index contributed by atoms with van der Waals surface area (Å²) < 4.78 is 12.8. The van der Waals surface area contributed by atoms with Gasteiger partial charge < -0.3 is 9.15 Å². The third kappa shape index (κ3) is 2.77. The molecular formula is C16H6BrClO4S2. The number of carbonyl (C=O) groups excluding carboxylic acids is 1. The maximum absolute atomic E-state index is 12.4. The number of ether oxygens (including phenoxy) is 1. The number of hydrogen-bond acceptors (Lipinski definition) is 6. The first-order valence-corrected chi connectivity index (χ1v) is 9.45. The molecule has 0 atom stereocenters. The Morgan fingerprint density at radius 1 is 1.12 bits per heavy atom. The number of esters is 1. The number of carbonyl (C=O) groups is 1. The van der Waals surface area contributed by atoms with E-state index in [1.165, 1.54) is 11.3 Å². The van der Waals surface area contributed by atoms with Crippen molar-refractivity contribution in [3.05, 3.63) is 60.5 Å². The van der Waals surface area contributed by atoms with Crippen LogP contribution in [-0.4, -0.2) is 5.97 Å². The monoisotopic (exact) mass is 440 g/mol. The summed E-state index contributed by atoms with van der Waals surface area (Å²) in [6.07, 6.45) is 0. The average Bonchev–Trinajstić information content (AvgIpc) is 3.06. The Labute approximate surface area is 156 Å². The minimum Gasteiger partial charge on any atom is -0.422 e. The van der Waals surface area contributed by atoms with Crippen LogP contribution in [0.3, 0.4) is 0 Å². The van der Waals surface area contributed by atoms with Crippen molar-refractivity contribution < 1.29 is 13.9 Å². The van der Waals surface area contributed by atoms with Crippen molar-refractivity contribution in [2.75, 3.05) is 0 Å². The van der Waals surface area contributed by atoms with E-state index in [0.717, 1.165) is 25.9 Å². The zero-order valence-electron chi connectivity index (χ0n) is 11.7. The van der Waals surface area contributed by atoms with Crippen LogP contribution in [0.4, 0.5) is 0 Å². The van der Waals surface area contributed by atoms with Crippen LogP contribution in [-0.2, 0) is 0 Å². The van der Waals surface area contributed by atoms with Gasteiger partial charge in [-0.05, 0) is 24.3 Å². The van der Waals surface area contributed by atoms with E-state index in [4.69, 9.17) is 20.8 Å². The minimum atomic E-state index is -0.535. The number of halogens is 2. The van der Waals surface area contributed by atoms with E-state index in [2.05, 4.69) is 15.9 Å². The second kappa shape index (κ2) is 6.00. The smallest absolute Gasteiger partial charge is 0.396 e. The van der Waals surface area contributed by atoms with Crippen LogP contribution in [0.2, 0.25) is 5.02 Å². The first-order valence-electron chi connectivity index (χ1n) is 6.65. The molecule has 4 aromatic rings. The molecule has 2 aromatic heterocycles. The highest BCUT2D eigenvalue weighted by Crippen LogP contribution is 2.37. The van der Waals surface area contributed by atoms with Gasteiger partial charge in [-0.1, -0.05) is 44.9 Å². The molecule has 24 heavy (non-hydrogen) atoms. The Balaban J connectivity index is 1.70. The lowest BCUT2D eigenvalue weighted by molar-refractivity contribution is 0.0740. The lowest BCUT2D eigenvalue weighted by atomic mass is 10.2. The molecule has 2 aromatic carbocycles. The highest BCUT2D eigenvalue weighted by molar-refractivity contribution is 9.10. The molecular weight excluding hydrogens is 436 g/mol. The zero-order chi connectivity index (χ0) is 16.8. The summed E-state index contributed by atoms with van der Waals surface area (Å²) in [6, 6.07) is 10.4. The van der Waals surface area contributed by atoms with Crippen LogP contribution in [0.25, 0.3) is 20.4 Å². The van der Waals surface area contributed by atoms with E-state index < -0.39 is 10.9 Å². The summed E-state index contributed by atoms with van der Waals surface area (Å²) >= 11 is 11.9. The molecule has 0 spiro atoms. The summed E-state index contributed by atoms with van der Waals surface area (Å²) in [7, 11) is 0. The Kier molecular flexibility index (Phi) is 3.96. The lowest BCUT2D eigenvalue weighted by Crippen LogP contribution is -2.06. The molecule has 0 N–H and O–H groups in total. The van der Waals surface area contributed by atoms with Gasteiger partial charge in [0, 0.05) is 20.6 Å². The normalized spacial score (nSPS) is 11.2. The fourth-order valence-corrected chi connectivity index (χ4v) is 4.87.